The van der Waals surface area contributed by atoms with E-state index in [4.69, 9.17) is 4.74 Å². The van der Waals surface area contributed by atoms with Crippen molar-refractivity contribution in [2.24, 2.45) is 0 Å². The van der Waals surface area contributed by atoms with E-state index in [0.717, 1.165) is 43.9 Å². The van der Waals surface area contributed by atoms with Gasteiger partial charge < -0.3 is 20.3 Å². The molecule has 1 unspecified atom stereocenters. The lowest BCUT2D eigenvalue weighted by Gasteiger charge is -2.12. The fraction of sp³-hybridized carbons (Fsp3) is 0.611. The molecular formula is C18H31Cl2N3O2. The summed E-state index contributed by atoms with van der Waals surface area (Å²) in [7, 11) is 4.12. The average molecular weight is 392 g/mol. The number of hydrogen-bond acceptors (Lipinski definition) is 4. The second kappa shape index (κ2) is 13.2. The second-order valence-corrected chi connectivity index (χ2v) is 6.42. The minimum atomic E-state index is 0. The normalized spacial score (nSPS) is 16.0. The Labute approximate surface area is 163 Å². The van der Waals surface area contributed by atoms with Crippen LogP contribution in [0.3, 0.4) is 0 Å². The molecule has 0 aromatic heterocycles. The van der Waals surface area contributed by atoms with Crippen LogP contribution < -0.4 is 15.4 Å². The van der Waals surface area contributed by atoms with Crippen molar-refractivity contribution in [1.29, 1.82) is 0 Å². The van der Waals surface area contributed by atoms with E-state index in [1.165, 1.54) is 6.42 Å². The van der Waals surface area contributed by atoms with Crippen molar-refractivity contribution in [2.75, 3.05) is 33.8 Å². The van der Waals surface area contributed by atoms with E-state index in [1.54, 1.807) is 0 Å². The van der Waals surface area contributed by atoms with Gasteiger partial charge in [0.25, 0.3) is 0 Å². The predicted octanol–water partition coefficient (Wildman–Crippen LogP) is 2.62. The maximum atomic E-state index is 11.9. The van der Waals surface area contributed by atoms with Gasteiger partial charge in [0.15, 0.2) is 0 Å². The first-order valence-corrected chi connectivity index (χ1v) is 8.50. The first kappa shape index (κ1) is 24.0. The molecule has 1 aliphatic heterocycles. The molecule has 1 aromatic carbocycles. The van der Waals surface area contributed by atoms with Crippen molar-refractivity contribution in [3.8, 4) is 5.75 Å². The summed E-state index contributed by atoms with van der Waals surface area (Å²) < 4.78 is 5.70. The highest BCUT2D eigenvalue weighted by Crippen LogP contribution is 2.13. The Bertz CT molecular complexity index is 478. The van der Waals surface area contributed by atoms with Gasteiger partial charge in [0, 0.05) is 25.6 Å². The van der Waals surface area contributed by atoms with Crippen molar-refractivity contribution in [2.45, 2.75) is 38.3 Å². The molecule has 7 heteroatoms. The van der Waals surface area contributed by atoms with Gasteiger partial charge in [-0.15, -0.1) is 24.8 Å². The van der Waals surface area contributed by atoms with Gasteiger partial charge in [-0.25, -0.2) is 0 Å². The Morgan fingerprint density at radius 2 is 2.00 bits per heavy atom. The molecule has 0 radical (unpaired) electrons. The van der Waals surface area contributed by atoms with Gasteiger partial charge in [-0.3, -0.25) is 4.79 Å². The lowest BCUT2D eigenvalue weighted by Crippen LogP contribution is -2.31. The standard InChI is InChI=1S/C18H29N3O2.2ClH/c1-21(2)11-4-12-23-17-8-6-15(7-9-17)14-20-18(22)13-16-5-3-10-19-16;;/h6-9,16,19H,3-5,10-14H2,1-2H3,(H,20,22);2*1H. The van der Waals surface area contributed by atoms with Gasteiger partial charge in [0.1, 0.15) is 5.75 Å². The average Bonchev–Trinajstić information content (AvgIpc) is 3.03. The van der Waals surface area contributed by atoms with Crippen LogP contribution in [-0.2, 0) is 11.3 Å². The Kier molecular flexibility index (Phi) is 12.7. The first-order chi connectivity index (χ1) is 11.1. The number of ether oxygens (including phenoxy) is 1. The molecular weight excluding hydrogens is 361 g/mol. The molecule has 1 aromatic rings. The van der Waals surface area contributed by atoms with Crippen LogP contribution in [0.15, 0.2) is 24.3 Å². The molecule has 1 saturated heterocycles. The van der Waals surface area contributed by atoms with Crippen LogP contribution in [0.4, 0.5) is 0 Å². The predicted molar refractivity (Wildman–Crippen MR) is 107 cm³/mol. The van der Waals surface area contributed by atoms with E-state index in [9.17, 15) is 4.79 Å². The number of nitrogens with one attached hydrogen (secondary N) is 2. The molecule has 1 heterocycles. The Morgan fingerprint density at radius 1 is 1.28 bits per heavy atom. The summed E-state index contributed by atoms with van der Waals surface area (Å²) in [6.45, 7) is 3.36. The Morgan fingerprint density at radius 3 is 2.60 bits per heavy atom. The van der Waals surface area contributed by atoms with Crippen LogP contribution in [0, 0.1) is 0 Å². The molecule has 0 bridgehead atoms. The van der Waals surface area contributed by atoms with Crippen LogP contribution >= 0.6 is 24.8 Å². The highest BCUT2D eigenvalue weighted by Gasteiger charge is 2.17. The number of carbonyl (C=O) groups excluding carboxylic acids is 1. The van der Waals surface area contributed by atoms with Crippen LogP contribution in [0.5, 0.6) is 5.75 Å². The number of amides is 1. The van der Waals surface area contributed by atoms with E-state index in [1.807, 2.05) is 24.3 Å². The molecule has 1 amide bonds. The molecule has 1 atom stereocenters. The molecule has 25 heavy (non-hydrogen) atoms. The largest absolute Gasteiger partial charge is 0.494 e. The summed E-state index contributed by atoms with van der Waals surface area (Å²) in [6.07, 6.45) is 3.87. The van der Waals surface area contributed by atoms with E-state index in [-0.39, 0.29) is 30.7 Å². The number of benzene rings is 1. The lowest BCUT2D eigenvalue weighted by atomic mass is 10.1. The zero-order valence-corrected chi connectivity index (χ0v) is 16.8. The smallest absolute Gasteiger partial charge is 0.221 e. The van der Waals surface area contributed by atoms with E-state index in [2.05, 4.69) is 29.6 Å². The minimum Gasteiger partial charge on any atom is -0.494 e. The van der Waals surface area contributed by atoms with E-state index < -0.39 is 0 Å². The third-order valence-corrected chi connectivity index (χ3v) is 4.03. The summed E-state index contributed by atoms with van der Waals surface area (Å²) in [6, 6.07) is 8.31. The van der Waals surface area contributed by atoms with Gasteiger partial charge in [-0.05, 0) is 57.6 Å². The molecule has 1 aliphatic rings. The van der Waals surface area contributed by atoms with Crippen LogP contribution in [0.1, 0.15) is 31.2 Å². The Hall–Kier alpha value is -1.01. The number of hydrogen-bond donors (Lipinski definition) is 2. The van der Waals surface area contributed by atoms with E-state index >= 15 is 0 Å². The summed E-state index contributed by atoms with van der Waals surface area (Å²) >= 11 is 0. The highest BCUT2D eigenvalue weighted by atomic mass is 35.5. The third kappa shape index (κ3) is 9.90. The summed E-state index contributed by atoms with van der Waals surface area (Å²) in [5.74, 6) is 1.00. The van der Waals surface area contributed by atoms with Gasteiger partial charge in [0.05, 0.1) is 6.61 Å². The van der Waals surface area contributed by atoms with Crippen molar-refractivity contribution >= 4 is 30.7 Å². The maximum Gasteiger partial charge on any atom is 0.221 e. The first-order valence-electron chi connectivity index (χ1n) is 8.50. The number of rotatable bonds is 9. The topological polar surface area (TPSA) is 53.6 Å². The fourth-order valence-electron chi connectivity index (χ4n) is 2.70. The number of nitrogens with zero attached hydrogens (tertiary/aromatic N) is 1. The summed E-state index contributed by atoms with van der Waals surface area (Å²) in [5.41, 5.74) is 1.10. The van der Waals surface area contributed by atoms with Crippen molar-refractivity contribution in [3.63, 3.8) is 0 Å². The molecule has 2 rings (SSSR count). The van der Waals surface area contributed by atoms with Crippen molar-refractivity contribution in [3.05, 3.63) is 29.8 Å². The van der Waals surface area contributed by atoms with Gasteiger partial charge in [0.2, 0.25) is 5.91 Å². The highest BCUT2D eigenvalue weighted by molar-refractivity contribution is 5.85. The monoisotopic (exact) mass is 391 g/mol. The van der Waals surface area contributed by atoms with Crippen molar-refractivity contribution < 1.29 is 9.53 Å². The molecule has 144 valence electrons. The molecule has 5 nitrogen and oxygen atoms in total. The number of carbonyl (C=O) groups is 1. The SMILES string of the molecule is CN(C)CCCOc1ccc(CNC(=O)CC2CCCN2)cc1.Cl.Cl. The second-order valence-electron chi connectivity index (χ2n) is 6.42. The maximum absolute atomic E-state index is 11.9. The summed E-state index contributed by atoms with van der Waals surface area (Å²) in [4.78, 5) is 14.0. The fourth-order valence-corrected chi connectivity index (χ4v) is 2.70. The Balaban J connectivity index is 0.00000288. The van der Waals surface area contributed by atoms with Gasteiger partial charge in [-0.2, -0.15) is 0 Å². The molecule has 1 fully saturated rings. The van der Waals surface area contributed by atoms with Gasteiger partial charge in [-0.1, -0.05) is 12.1 Å². The van der Waals surface area contributed by atoms with Crippen LogP contribution in [0.25, 0.3) is 0 Å². The van der Waals surface area contributed by atoms with Gasteiger partial charge >= 0.3 is 0 Å². The molecule has 0 saturated carbocycles. The lowest BCUT2D eigenvalue weighted by molar-refractivity contribution is -0.121. The van der Waals surface area contributed by atoms with E-state index in [0.29, 0.717) is 19.0 Å². The summed E-state index contributed by atoms with van der Waals surface area (Å²) in [5, 5.41) is 6.33. The molecule has 0 aliphatic carbocycles. The van der Waals surface area contributed by atoms with Crippen molar-refractivity contribution in [1.82, 2.24) is 15.5 Å². The minimum absolute atomic E-state index is 0. The zero-order chi connectivity index (χ0) is 16.5. The third-order valence-electron chi connectivity index (χ3n) is 4.03. The number of halogens is 2. The van der Waals surface area contributed by atoms with Crippen LogP contribution in [-0.4, -0.2) is 50.6 Å². The molecule has 0 spiro atoms. The molecule has 2 N–H and O–H groups in total. The quantitative estimate of drug-likeness (QED) is 0.635. The van der Waals surface area contributed by atoms with Crippen LogP contribution in [0.2, 0.25) is 0 Å². The zero-order valence-electron chi connectivity index (χ0n) is 15.1.